The number of ketones is 1. The molecule has 3 rings (SSSR count). The van der Waals surface area contributed by atoms with Gasteiger partial charge in [0.15, 0.2) is 5.78 Å². The summed E-state index contributed by atoms with van der Waals surface area (Å²) < 4.78 is 0. The summed E-state index contributed by atoms with van der Waals surface area (Å²) in [6.07, 6.45) is 1.84. The van der Waals surface area contributed by atoms with E-state index in [0.717, 1.165) is 5.39 Å². The van der Waals surface area contributed by atoms with E-state index in [2.05, 4.69) is 4.98 Å². The molecule has 0 fully saturated rings. The molecule has 3 nitrogen and oxygen atoms in total. The molecule has 0 amide bonds. The Morgan fingerprint density at radius 3 is 2.50 bits per heavy atom. The first-order chi connectivity index (χ1) is 10.6. The Bertz CT molecular complexity index is 919. The lowest BCUT2D eigenvalue weighted by Crippen LogP contribution is -2.20. The Balaban J connectivity index is 2.33. The average Bonchev–Trinajstić information content (AvgIpc) is 2.55. The zero-order chi connectivity index (χ0) is 15.7. The van der Waals surface area contributed by atoms with Gasteiger partial charge in [-0.15, -0.1) is 11.8 Å². The third-order valence-corrected chi connectivity index (χ3v) is 4.57. The number of halogens is 1. The molecule has 3 aromatic rings. The van der Waals surface area contributed by atoms with Crippen LogP contribution in [0.4, 0.5) is 0 Å². The van der Waals surface area contributed by atoms with E-state index < -0.39 is 5.56 Å². The van der Waals surface area contributed by atoms with Gasteiger partial charge in [0, 0.05) is 15.8 Å². The molecule has 0 bridgehead atoms. The summed E-state index contributed by atoms with van der Waals surface area (Å²) in [4.78, 5) is 28.5. The predicted octanol–water partition coefficient (Wildman–Crippen LogP) is 4.13. The van der Waals surface area contributed by atoms with Crippen molar-refractivity contribution in [3.63, 3.8) is 0 Å². The third kappa shape index (κ3) is 2.45. The molecule has 1 heterocycles. The fourth-order valence-electron chi connectivity index (χ4n) is 2.41. The summed E-state index contributed by atoms with van der Waals surface area (Å²) in [5.41, 5.74) is 0.792. The van der Waals surface area contributed by atoms with Crippen molar-refractivity contribution in [2.24, 2.45) is 0 Å². The lowest BCUT2D eigenvalue weighted by atomic mass is 10.0. The second kappa shape index (κ2) is 5.99. The van der Waals surface area contributed by atoms with Crippen molar-refractivity contribution < 1.29 is 4.79 Å². The van der Waals surface area contributed by atoms with Crippen LogP contribution in [0.2, 0.25) is 5.02 Å². The zero-order valence-corrected chi connectivity index (χ0v) is 13.3. The Morgan fingerprint density at radius 1 is 1.09 bits per heavy atom. The molecule has 110 valence electrons. The molecular weight excluding hydrogens is 318 g/mol. The first-order valence-corrected chi connectivity index (χ1v) is 8.22. The number of benzene rings is 2. The Hall–Kier alpha value is -2.04. The third-order valence-electron chi connectivity index (χ3n) is 3.42. The van der Waals surface area contributed by atoms with Gasteiger partial charge in [-0.05, 0) is 12.3 Å². The minimum atomic E-state index is -0.418. The molecule has 0 aliphatic heterocycles. The van der Waals surface area contributed by atoms with E-state index in [4.69, 9.17) is 11.6 Å². The van der Waals surface area contributed by atoms with E-state index in [1.807, 2.05) is 18.4 Å². The van der Waals surface area contributed by atoms with Crippen molar-refractivity contribution in [3.8, 4) is 0 Å². The smallest absolute Gasteiger partial charge is 0.260 e. The molecule has 22 heavy (non-hydrogen) atoms. The number of thioether (sulfide) groups is 1. The van der Waals surface area contributed by atoms with E-state index in [-0.39, 0.29) is 11.3 Å². The Kier molecular flexibility index (Phi) is 4.05. The maximum atomic E-state index is 12.7. The Labute approximate surface area is 136 Å². The summed E-state index contributed by atoms with van der Waals surface area (Å²) >= 11 is 7.51. The van der Waals surface area contributed by atoms with Gasteiger partial charge in [0.25, 0.3) is 5.56 Å². The maximum Gasteiger partial charge on any atom is 0.260 e. The van der Waals surface area contributed by atoms with Gasteiger partial charge in [-0.25, -0.2) is 0 Å². The van der Waals surface area contributed by atoms with Gasteiger partial charge in [-0.2, -0.15) is 0 Å². The summed E-state index contributed by atoms with van der Waals surface area (Å²) in [7, 11) is 0. The molecule has 0 aliphatic rings. The number of pyridine rings is 1. The highest BCUT2D eigenvalue weighted by Crippen LogP contribution is 2.31. The molecule has 0 saturated heterocycles. The van der Waals surface area contributed by atoms with Gasteiger partial charge in [0.05, 0.1) is 10.5 Å². The highest BCUT2D eigenvalue weighted by Gasteiger charge is 2.20. The lowest BCUT2D eigenvalue weighted by molar-refractivity contribution is 0.103. The molecule has 1 aromatic heterocycles. The number of rotatable bonds is 3. The summed E-state index contributed by atoms with van der Waals surface area (Å²) in [6.45, 7) is 0. The van der Waals surface area contributed by atoms with Gasteiger partial charge in [-0.1, -0.05) is 54.1 Å². The number of fused-ring (bicyclic) bond motifs is 1. The number of carbonyl (C=O) groups excluding carboxylic acids is 1. The van der Waals surface area contributed by atoms with Crippen LogP contribution in [-0.2, 0) is 0 Å². The lowest BCUT2D eigenvalue weighted by Gasteiger charge is -2.10. The van der Waals surface area contributed by atoms with E-state index in [9.17, 15) is 9.59 Å². The van der Waals surface area contributed by atoms with E-state index in [1.165, 1.54) is 11.8 Å². The van der Waals surface area contributed by atoms with Crippen LogP contribution < -0.4 is 5.56 Å². The molecule has 0 radical (unpaired) electrons. The predicted molar refractivity (Wildman–Crippen MR) is 91.2 cm³/mol. The molecule has 0 aliphatic carbocycles. The number of para-hydroxylation sites is 1. The normalized spacial score (nSPS) is 10.8. The van der Waals surface area contributed by atoms with Gasteiger partial charge in [-0.3, -0.25) is 9.59 Å². The summed E-state index contributed by atoms with van der Waals surface area (Å²) in [5, 5.41) is 1.24. The molecule has 1 N–H and O–H groups in total. The number of carbonyl (C=O) groups is 1. The van der Waals surface area contributed by atoms with Crippen LogP contribution >= 0.6 is 23.4 Å². The van der Waals surface area contributed by atoms with Crippen LogP contribution in [-0.4, -0.2) is 17.0 Å². The molecule has 5 heteroatoms. The maximum absolute atomic E-state index is 12.7. The zero-order valence-electron chi connectivity index (χ0n) is 11.7. The number of aromatic amines is 1. The monoisotopic (exact) mass is 329 g/mol. The van der Waals surface area contributed by atoms with Crippen LogP contribution in [0, 0.1) is 0 Å². The summed E-state index contributed by atoms with van der Waals surface area (Å²) in [6, 6.07) is 14.2. The van der Waals surface area contributed by atoms with E-state index in [1.54, 1.807) is 36.4 Å². The van der Waals surface area contributed by atoms with Crippen LogP contribution in [0.15, 0.2) is 58.2 Å². The van der Waals surface area contributed by atoms with Crippen LogP contribution in [0.5, 0.6) is 0 Å². The van der Waals surface area contributed by atoms with Crippen molar-refractivity contribution in [3.05, 3.63) is 75.0 Å². The van der Waals surface area contributed by atoms with Gasteiger partial charge in [0.1, 0.15) is 5.56 Å². The van der Waals surface area contributed by atoms with E-state index >= 15 is 0 Å². The van der Waals surface area contributed by atoms with Crippen molar-refractivity contribution in [2.75, 3.05) is 6.26 Å². The first-order valence-electron chi connectivity index (χ1n) is 6.61. The highest BCUT2D eigenvalue weighted by molar-refractivity contribution is 7.99. The standard InChI is InChI=1S/C17H12ClNO2S/c1-22-16-11-8-5-9-12(18)14(11)19-17(21)13(16)15(20)10-6-3-2-4-7-10/h2-9H,1H3,(H,19,21). The molecule has 0 spiro atoms. The number of H-pyrrole nitrogens is 1. The van der Waals surface area contributed by atoms with Crippen molar-refractivity contribution >= 4 is 40.0 Å². The molecule has 0 unspecified atom stereocenters. The van der Waals surface area contributed by atoms with Crippen molar-refractivity contribution in [2.45, 2.75) is 4.90 Å². The van der Waals surface area contributed by atoms with Crippen LogP contribution in [0.1, 0.15) is 15.9 Å². The minimum Gasteiger partial charge on any atom is -0.320 e. The molecule has 2 aromatic carbocycles. The SMILES string of the molecule is CSc1c(C(=O)c2ccccc2)c(=O)[nH]c2c(Cl)cccc12. The number of hydrogen-bond donors (Lipinski definition) is 1. The molecular formula is C17H12ClNO2S. The molecule has 0 atom stereocenters. The fourth-order valence-corrected chi connectivity index (χ4v) is 3.41. The van der Waals surface area contributed by atoms with E-state index in [0.29, 0.717) is 21.0 Å². The number of aromatic nitrogens is 1. The number of nitrogens with one attached hydrogen (secondary N) is 1. The largest absolute Gasteiger partial charge is 0.320 e. The summed E-state index contributed by atoms with van der Waals surface area (Å²) in [5.74, 6) is -0.284. The minimum absolute atomic E-state index is 0.161. The van der Waals surface area contributed by atoms with Crippen LogP contribution in [0.3, 0.4) is 0 Å². The Morgan fingerprint density at radius 2 is 1.82 bits per heavy atom. The van der Waals surface area contributed by atoms with Gasteiger partial charge >= 0.3 is 0 Å². The fraction of sp³-hybridized carbons (Fsp3) is 0.0588. The van der Waals surface area contributed by atoms with Crippen molar-refractivity contribution in [1.82, 2.24) is 4.98 Å². The topological polar surface area (TPSA) is 49.9 Å². The number of hydrogen-bond acceptors (Lipinski definition) is 3. The highest BCUT2D eigenvalue weighted by atomic mass is 35.5. The van der Waals surface area contributed by atoms with Gasteiger partial charge in [0.2, 0.25) is 0 Å². The average molecular weight is 330 g/mol. The van der Waals surface area contributed by atoms with Crippen LogP contribution in [0.25, 0.3) is 10.9 Å². The second-order valence-electron chi connectivity index (χ2n) is 4.72. The first kappa shape index (κ1) is 14.9. The molecule has 0 saturated carbocycles. The quantitative estimate of drug-likeness (QED) is 0.580. The van der Waals surface area contributed by atoms with Gasteiger partial charge < -0.3 is 4.98 Å². The van der Waals surface area contributed by atoms with Crippen molar-refractivity contribution in [1.29, 1.82) is 0 Å². The second-order valence-corrected chi connectivity index (χ2v) is 5.94.